The van der Waals surface area contributed by atoms with E-state index in [1.165, 1.54) is 22.9 Å². The van der Waals surface area contributed by atoms with Crippen molar-refractivity contribution >= 4 is 17.5 Å². The summed E-state index contributed by atoms with van der Waals surface area (Å²) in [6.45, 7) is 0.506. The smallest absolute Gasteiger partial charge is 0.274 e. The average Bonchev–Trinajstić information content (AvgIpc) is 3.24. The van der Waals surface area contributed by atoms with Gasteiger partial charge in [0.1, 0.15) is 11.6 Å². The Kier molecular flexibility index (Phi) is 5.22. The summed E-state index contributed by atoms with van der Waals surface area (Å²) in [6.07, 6.45) is 5.20. The molecule has 0 fully saturated rings. The molecule has 0 saturated heterocycles. The van der Waals surface area contributed by atoms with Crippen LogP contribution in [0.4, 0.5) is 4.39 Å². The monoisotopic (exact) mass is 377 g/mol. The molecule has 26 heavy (non-hydrogen) atoms. The molecule has 9 heteroatoms. The highest BCUT2D eigenvalue weighted by molar-refractivity contribution is 6.30. The Morgan fingerprint density at radius 3 is 2.88 bits per heavy atom. The molecule has 2 aromatic heterocycles. The molecule has 136 valence electrons. The SMILES string of the molecule is CN(Cc1cnn(C)c1)C(=O)c1ccn(COc2ccc(F)c(Cl)c2)n1. The second-order valence-corrected chi connectivity index (χ2v) is 6.18. The van der Waals surface area contributed by atoms with Gasteiger partial charge in [-0.1, -0.05) is 11.6 Å². The molecule has 0 aliphatic carbocycles. The quantitative estimate of drug-likeness (QED) is 0.662. The van der Waals surface area contributed by atoms with E-state index in [9.17, 15) is 9.18 Å². The van der Waals surface area contributed by atoms with Crippen LogP contribution in [0.3, 0.4) is 0 Å². The Balaban J connectivity index is 1.59. The molecule has 7 nitrogen and oxygen atoms in total. The number of ether oxygens (including phenoxy) is 1. The standard InChI is InChI=1S/C17H17ClFN5O2/c1-22(9-12-8-20-23(2)10-12)17(25)16-5-6-24(21-16)11-26-13-3-4-15(19)14(18)7-13/h3-8,10H,9,11H2,1-2H3. The summed E-state index contributed by atoms with van der Waals surface area (Å²) in [4.78, 5) is 14.0. The molecule has 0 unspecified atom stereocenters. The van der Waals surface area contributed by atoms with E-state index in [0.29, 0.717) is 18.0 Å². The number of carbonyl (C=O) groups is 1. The summed E-state index contributed by atoms with van der Waals surface area (Å²) in [5.41, 5.74) is 1.23. The van der Waals surface area contributed by atoms with Crippen molar-refractivity contribution in [3.05, 3.63) is 65.0 Å². The van der Waals surface area contributed by atoms with Crippen LogP contribution in [0.1, 0.15) is 16.1 Å². The van der Waals surface area contributed by atoms with E-state index < -0.39 is 5.82 Å². The summed E-state index contributed by atoms with van der Waals surface area (Å²) < 4.78 is 21.8. The van der Waals surface area contributed by atoms with Crippen molar-refractivity contribution in [2.45, 2.75) is 13.3 Å². The lowest BCUT2D eigenvalue weighted by Gasteiger charge is -2.14. The first-order chi connectivity index (χ1) is 12.4. The van der Waals surface area contributed by atoms with E-state index >= 15 is 0 Å². The van der Waals surface area contributed by atoms with Crippen molar-refractivity contribution in [1.82, 2.24) is 24.5 Å². The van der Waals surface area contributed by atoms with Crippen molar-refractivity contribution in [3.8, 4) is 5.75 Å². The molecule has 1 aromatic carbocycles. The van der Waals surface area contributed by atoms with Gasteiger partial charge in [-0.3, -0.25) is 9.48 Å². The van der Waals surface area contributed by atoms with Gasteiger partial charge in [-0.05, 0) is 18.2 Å². The molecule has 0 N–H and O–H groups in total. The molecule has 3 aromatic rings. The van der Waals surface area contributed by atoms with Crippen LogP contribution in [-0.2, 0) is 20.3 Å². The average molecular weight is 378 g/mol. The van der Waals surface area contributed by atoms with E-state index in [4.69, 9.17) is 16.3 Å². The zero-order valence-corrected chi connectivity index (χ0v) is 15.0. The van der Waals surface area contributed by atoms with Crippen molar-refractivity contribution in [3.63, 3.8) is 0 Å². The number of aryl methyl sites for hydroxylation is 1. The van der Waals surface area contributed by atoms with Gasteiger partial charge in [-0.15, -0.1) is 0 Å². The number of amides is 1. The number of nitrogens with zero attached hydrogens (tertiary/aromatic N) is 5. The summed E-state index contributed by atoms with van der Waals surface area (Å²) in [7, 11) is 3.52. The highest BCUT2D eigenvalue weighted by atomic mass is 35.5. The Morgan fingerprint density at radius 1 is 1.38 bits per heavy atom. The molecule has 0 radical (unpaired) electrons. The molecule has 0 bridgehead atoms. The second kappa shape index (κ2) is 7.57. The third-order valence-electron chi connectivity index (χ3n) is 3.64. The maximum absolute atomic E-state index is 13.1. The fourth-order valence-electron chi connectivity index (χ4n) is 2.35. The zero-order valence-electron chi connectivity index (χ0n) is 14.3. The number of hydrogen-bond donors (Lipinski definition) is 0. The fourth-order valence-corrected chi connectivity index (χ4v) is 2.52. The molecule has 1 amide bonds. The first-order valence-corrected chi connectivity index (χ1v) is 8.14. The molecule has 2 heterocycles. The lowest BCUT2D eigenvalue weighted by molar-refractivity contribution is 0.0777. The number of carbonyl (C=O) groups excluding carboxylic acids is 1. The summed E-state index contributed by atoms with van der Waals surface area (Å²) >= 11 is 5.71. The Morgan fingerprint density at radius 2 is 2.19 bits per heavy atom. The predicted molar refractivity (Wildman–Crippen MR) is 93.3 cm³/mol. The van der Waals surface area contributed by atoms with Crippen molar-refractivity contribution in [2.24, 2.45) is 7.05 Å². The Bertz CT molecular complexity index is 924. The van der Waals surface area contributed by atoms with Crippen molar-refractivity contribution in [2.75, 3.05) is 7.05 Å². The summed E-state index contributed by atoms with van der Waals surface area (Å²) in [5, 5.41) is 8.27. The highest BCUT2D eigenvalue weighted by Gasteiger charge is 2.16. The van der Waals surface area contributed by atoms with Crippen LogP contribution in [0.5, 0.6) is 5.75 Å². The van der Waals surface area contributed by atoms with Gasteiger partial charge in [0.15, 0.2) is 12.4 Å². The molecule has 0 aliphatic rings. The Hall–Kier alpha value is -2.87. The van der Waals surface area contributed by atoms with E-state index in [2.05, 4.69) is 10.2 Å². The van der Waals surface area contributed by atoms with Gasteiger partial charge in [0.2, 0.25) is 0 Å². The first-order valence-electron chi connectivity index (χ1n) is 7.76. The first kappa shape index (κ1) is 17.9. The normalized spacial score (nSPS) is 10.8. The van der Waals surface area contributed by atoms with Gasteiger partial charge in [-0.25, -0.2) is 9.07 Å². The van der Waals surface area contributed by atoms with Gasteiger partial charge in [0.05, 0.1) is 11.2 Å². The third kappa shape index (κ3) is 4.20. The number of rotatable bonds is 6. The largest absolute Gasteiger partial charge is 0.471 e. The molecule has 0 aliphatic heterocycles. The van der Waals surface area contributed by atoms with E-state index in [0.717, 1.165) is 5.56 Å². The van der Waals surface area contributed by atoms with Crippen LogP contribution in [0.15, 0.2) is 42.9 Å². The van der Waals surface area contributed by atoms with Gasteiger partial charge in [0.25, 0.3) is 5.91 Å². The number of hydrogen-bond acceptors (Lipinski definition) is 4. The Labute approximate surface area is 154 Å². The van der Waals surface area contributed by atoms with Crippen LogP contribution in [0, 0.1) is 5.82 Å². The molecule has 0 spiro atoms. The molecule has 0 atom stereocenters. The van der Waals surface area contributed by atoms with Gasteiger partial charge in [0, 0.05) is 44.7 Å². The third-order valence-corrected chi connectivity index (χ3v) is 3.93. The minimum absolute atomic E-state index is 0.0177. The fraction of sp³-hybridized carbons (Fsp3) is 0.235. The van der Waals surface area contributed by atoms with Crippen LogP contribution < -0.4 is 4.74 Å². The molecular weight excluding hydrogens is 361 g/mol. The maximum Gasteiger partial charge on any atom is 0.274 e. The second-order valence-electron chi connectivity index (χ2n) is 5.77. The van der Waals surface area contributed by atoms with Crippen LogP contribution in [0.2, 0.25) is 5.02 Å². The number of halogens is 2. The summed E-state index contributed by atoms with van der Waals surface area (Å²) in [6, 6.07) is 5.69. The number of aromatic nitrogens is 4. The molecule has 3 rings (SSSR count). The predicted octanol–water partition coefficient (Wildman–Crippen LogP) is 2.72. The van der Waals surface area contributed by atoms with Gasteiger partial charge < -0.3 is 9.64 Å². The van der Waals surface area contributed by atoms with E-state index in [-0.39, 0.29) is 17.7 Å². The molecule has 0 saturated carbocycles. The van der Waals surface area contributed by atoms with Gasteiger partial charge >= 0.3 is 0 Å². The van der Waals surface area contributed by atoms with Crippen molar-refractivity contribution < 1.29 is 13.9 Å². The van der Waals surface area contributed by atoms with Crippen LogP contribution in [0.25, 0.3) is 0 Å². The van der Waals surface area contributed by atoms with Gasteiger partial charge in [-0.2, -0.15) is 10.2 Å². The van der Waals surface area contributed by atoms with E-state index in [1.54, 1.807) is 35.1 Å². The molecular formula is C17H17ClFN5O2. The lowest BCUT2D eigenvalue weighted by atomic mass is 10.3. The summed E-state index contributed by atoms with van der Waals surface area (Å²) in [5.74, 6) is -0.312. The minimum atomic E-state index is -0.511. The zero-order chi connectivity index (χ0) is 18.7. The lowest BCUT2D eigenvalue weighted by Crippen LogP contribution is -2.26. The van der Waals surface area contributed by atoms with E-state index in [1.807, 2.05) is 13.2 Å². The maximum atomic E-state index is 13.1. The minimum Gasteiger partial charge on any atom is -0.471 e. The highest BCUT2D eigenvalue weighted by Crippen LogP contribution is 2.21. The number of benzene rings is 1. The topological polar surface area (TPSA) is 65.2 Å². The van der Waals surface area contributed by atoms with Crippen LogP contribution >= 0.6 is 11.6 Å². The van der Waals surface area contributed by atoms with Crippen molar-refractivity contribution in [1.29, 1.82) is 0 Å². The van der Waals surface area contributed by atoms with Crippen LogP contribution in [-0.4, -0.2) is 37.4 Å².